The molecular formula is C26H21N3O3. The number of rotatable bonds is 5. The molecule has 0 atom stereocenters. The number of carbonyl (C=O) groups is 2. The van der Waals surface area contributed by atoms with Crippen molar-refractivity contribution in [3.05, 3.63) is 107 Å². The maximum Gasteiger partial charge on any atom is 0.271 e. The van der Waals surface area contributed by atoms with Crippen molar-refractivity contribution >= 4 is 34.5 Å². The molecule has 32 heavy (non-hydrogen) atoms. The van der Waals surface area contributed by atoms with Gasteiger partial charge in [-0.1, -0.05) is 54.1 Å². The number of phenols is 1. The average molecular weight is 423 g/mol. The molecule has 4 aromatic rings. The number of hydrazone groups is 1. The molecule has 0 unspecified atom stereocenters. The fourth-order valence-electron chi connectivity index (χ4n) is 3.37. The Kier molecular flexibility index (Phi) is 5.94. The second kappa shape index (κ2) is 9.14. The van der Waals surface area contributed by atoms with Gasteiger partial charge in [0.05, 0.1) is 6.21 Å². The minimum absolute atomic E-state index is 0.0718. The fraction of sp³-hybridized carbons (Fsp3) is 0.0385. The Morgan fingerprint density at radius 1 is 0.844 bits per heavy atom. The van der Waals surface area contributed by atoms with Crippen LogP contribution in [0, 0.1) is 6.92 Å². The molecule has 0 aliphatic rings. The summed E-state index contributed by atoms with van der Waals surface area (Å²) in [6.07, 6.45) is 1.42. The van der Waals surface area contributed by atoms with E-state index in [0.717, 1.165) is 16.3 Å². The molecule has 0 fully saturated rings. The van der Waals surface area contributed by atoms with E-state index in [0.29, 0.717) is 22.4 Å². The number of carbonyl (C=O) groups excluding carboxylic acids is 2. The second-order valence-electron chi connectivity index (χ2n) is 7.32. The van der Waals surface area contributed by atoms with Gasteiger partial charge in [-0.15, -0.1) is 0 Å². The molecule has 6 heteroatoms. The minimum Gasteiger partial charge on any atom is -0.507 e. The molecule has 0 spiro atoms. The topological polar surface area (TPSA) is 90.8 Å². The van der Waals surface area contributed by atoms with Gasteiger partial charge in [0, 0.05) is 22.4 Å². The molecule has 3 N–H and O–H groups in total. The minimum atomic E-state index is -0.437. The van der Waals surface area contributed by atoms with Crippen molar-refractivity contribution < 1.29 is 14.7 Å². The van der Waals surface area contributed by atoms with Crippen LogP contribution in [-0.2, 0) is 0 Å². The number of aryl methyl sites for hydroxylation is 1. The van der Waals surface area contributed by atoms with Gasteiger partial charge in [0.2, 0.25) is 0 Å². The highest BCUT2D eigenvalue weighted by Crippen LogP contribution is 2.25. The normalized spacial score (nSPS) is 10.9. The lowest BCUT2D eigenvalue weighted by Crippen LogP contribution is -2.18. The number of hydrogen-bond acceptors (Lipinski definition) is 4. The van der Waals surface area contributed by atoms with E-state index in [1.54, 1.807) is 42.5 Å². The summed E-state index contributed by atoms with van der Waals surface area (Å²) in [7, 11) is 0. The number of aromatic hydroxyl groups is 1. The molecule has 0 aromatic heterocycles. The smallest absolute Gasteiger partial charge is 0.271 e. The lowest BCUT2D eigenvalue weighted by Gasteiger charge is -2.08. The molecule has 4 rings (SSSR count). The van der Waals surface area contributed by atoms with Gasteiger partial charge < -0.3 is 10.4 Å². The molecular weight excluding hydrogens is 402 g/mol. The molecule has 158 valence electrons. The summed E-state index contributed by atoms with van der Waals surface area (Å²) in [5, 5.41) is 18.8. The first-order chi connectivity index (χ1) is 15.5. The van der Waals surface area contributed by atoms with Crippen molar-refractivity contribution in [2.24, 2.45) is 5.10 Å². The quantitative estimate of drug-likeness (QED) is 0.316. The molecule has 6 nitrogen and oxygen atoms in total. The summed E-state index contributed by atoms with van der Waals surface area (Å²) < 4.78 is 0. The predicted molar refractivity (Wildman–Crippen MR) is 126 cm³/mol. The maximum absolute atomic E-state index is 12.5. The van der Waals surface area contributed by atoms with Gasteiger partial charge in [0.25, 0.3) is 11.8 Å². The number of anilines is 1. The molecule has 0 bridgehead atoms. The molecule has 0 aliphatic heterocycles. The predicted octanol–water partition coefficient (Wildman–Crippen LogP) is 4.87. The highest BCUT2D eigenvalue weighted by atomic mass is 16.3. The summed E-state index contributed by atoms with van der Waals surface area (Å²) in [5.74, 6) is -0.620. The van der Waals surface area contributed by atoms with Crippen LogP contribution >= 0.6 is 0 Å². The number of nitrogens with one attached hydrogen (secondary N) is 2. The van der Waals surface area contributed by atoms with Crippen molar-refractivity contribution in [2.45, 2.75) is 6.92 Å². The summed E-state index contributed by atoms with van der Waals surface area (Å²) in [5.41, 5.74) is 5.35. The number of benzene rings is 4. The van der Waals surface area contributed by atoms with Crippen molar-refractivity contribution in [3.8, 4) is 5.75 Å². The van der Waals surface area contributed by atoms with Crippen molar-refractivity contribution in [2.75, 3.05) is 5.32 Å². The number of phenolic OH excluding ortho intramolecular Hbond substituents is 1. The fourth-order valence-corrected chi connectivity index (χ4v) is 3.37. The number of hydrogen-bond donors (Lipinski definition) is 3. The zero-order chi connectivity index (χ0) is 22.5. The Labute approximate surface area is 185 Å². The third-order valence-corrected chi connectivity index (χ3v) is 4.97. The van der Waals surface area contributed by atoms with E-state index in [9.17, 15) is 14.7 Å². The van der Waals surface area contributed by atoms with Crippen LogP contribution in [0.15, 0.2) is 90.0 Å². The van der Waals surface area contributed by atoms with Crippen LogP contribution in [0.1, 0.15) is 31.8 Å². The first-order valence-electron chi connectivity index (χ1n) is 10.0. The highest BCUT2D eigenvalue weighted by molar-refractivity contribution is 6.05. The largest absolute Gasteiger partial charge is 0.507 e. The zero-order valence-corrected chi connectivity index (χ0v) is 17.4. The van der Waals surface area contributed by atoms with E-state index >= 15 is 0 Å². The third-order valence-electron chi connectivity index (χ3n) is 4.97. The highest BCUT2D eigenvalue weighted by Gasteiger charge is 2.10. The molecule has 0 aliphatic carbocycles. The van der Waals surface area contributed by atoms with Gasteiger partial charge >= 0.3 is 0 Å². The van der Waals surface area contributed by atoms with E-state index in [1.807, 2.05) is 49.4 Å². The van der Waals surface area contributed by atoms with Crippen LogP contribution in [0.3, 0.4) is 0 Å². The molecule has 2 amide bonds. The first kappa shape index (κ1) is 20.8. The number of nitrogens with zero attached hydrogens (tertiary/aromatic N) is 1. The molecule has 4 aromatic carbocycles. The Hall–Kier alpha value is -4.45. The SMILES string of the molecule is Cc1cccc(C(=O)Nc2cccc(C(=O)N/N=C/c3c(O)ccc4ccccc34)c2)c1. The maximum atomic E-state index is 12.5. The van der Waals surface area contributed by atoms with Gasteiger partial charge in [-0.2, -0.15) is 5.10 Å². The summed E-state index contributed by atoms with van der Waals surface area (Å²) in [6, 6.07) is 24.9. The molecule has 0 heterocycles. The first-order valence-corrected chi connectivity index (χ1v) is 10.0. The number of fused-ring (bicyclic) bond motifs is 1. The average Bonchev–Trinajstić information content (AvgIpc) is 2.80. The summed E-state index contributed by atoms with van der Waals surface area (Å²) >= 11 is 0. The van der Waals surface area contributed by atoms with Crippen molar-refractivity contribution in [1.82, 2.24) is 5.43 Å². The zero-order valence-electron chi connectivity index (χ0n) is 17.4. The van der Waals surface area contributed by atoms with Crippen LogP contribution in [0.25, 0.3) is 10.8 Å². The number of amides is 2. The Morgan fingerprint density at radius 3 is 2.41 bits per heavy atom. The molecule has 0 radical (unpaired) electrons. The van der Waals surface area contributed by atoms with Crippen LogP contribution in [0.2, 0.25) is 0 Å². The van der Waals surface area contributed by atoms with E-state index in [-0.39, 0.29) is 11.7 Å². The second-order valence-corrected chi connectivity index (χ2v) is 7.32. The van der Waals surface area contributed by atoms with Crippen molar-refractivity contribution in [1.29, 1.82) is 0 Å². The van der Waals surface area contributed by atoms with Crippen LogP contribution in [0.4, 0.5) is 5.69 Å². The van der Waals surface area contributed by atoms with E-state index in [4.69, 9.17) is 0 Å². The van der Waals surface area contributed by atoms with E-state index in [1.165, 1.54) is 6.21 Å². The Morgan fingerprint density at radius 2 is 1.59 bits per heavy atom. The summed E-state index contributed by atoms with van der Waals surface area (Å²) in [6.45, 7) is 1.92. The van der Waals surface area contributed by atoms with Gasteiger partial charge in [-0.3, -0.25) is 9.59 Å². The van der Waals surface area contributed by atoms with E-state index < -0.39 is 5.91 Å². The summed E-state index contributed by atoms with van der Waals surface area (Å²) in [4.78, 5) is 25.0. The van der Waals surface area contributed by atoms with Gasteiger partial charge in [-0.25, -0.2) is 5.43 Å². The van der Waals surface area contributed by atoms with Gasteiger partial charge in [0.1, 0.15) is 5.75 Å². The lowest BCUT2D eigenvalue weighted by atomic mass is 10.0. The third kappa shape index (κ3) is 4.65. The Balaban J connectivity index is 1.47. The molecule has 0 saturated heterocycles. The lowest BCUT2D eigenvalue weighted by molar-refractivity contribution is 0.0953. The standard InChI is InChI=1S/C26H21N3O3/c1-17-6-4-8-19(14-17)25(31)28-21-10-5-9-20(15-21)26(32)29-27-16-23-22-11-3-2-7-18(22)12-13-24(23)30/h2-16,30H,1H3,(H,28,31)(H,29,32)/b27-16+. The van der Waals surface area contributed by atoms with Crippen LogP contribution < -0.4 is 10.7 Å². The molecule has 0 saturated carbocycles. The van der Waals surface area contributed by atoms with E-state index in [2.05, 4.69) is 15.8 Å². The van der Waals surface area contributed by atoms with Crippen molar-refractivity contribution in [3.63, 3.8) is 0 Å². The van der Waals surface area contributed by atoms with Gasteiger partial charge in [0.15, 0.2) is 0 Å². The van der Waals surface area contributed by atoms with Crippen LogP contribution in [0.5, 0.6) is 5.75 Å². The van der Waals surface area contributed by atoms with Crippen LogP contribution in [-0.4, -0.2) is 23.1 Å². The monoisotopic (exact) mass is 423 g/mol. The van der Waals surface area contributed by atoms with Gasteiger partial charge in [-0.05, 0) is 54.1 Å². The Bertz CT molecular complexity index is 1350.